The Labute approximate surface area is 185 Å². The molecular formula is C25H22N2O5. The fraction of sp³-hybridized carbons (Fsp3) is 0.160. The maximum Gasteiger partial charge on any atom is 0.407 e. The number of carbonyl (C=O) groups is 3. The number of carbonyl (C=O) groups excluding carboxylic acids is 2. The van der Waals surface area contributed by atoms with Crippen LogP contribution in [0.25, 0.3) is 11.1 Å². The van der Waals surface area contributed by atoms with Gasteiger partial charge in [0.2, 0.25) is 5.91 Å². The number of aromatic carboxylic acids is 1. The number of ether oxygens (including phenoxy) is 1. The predicted molar refractivity (Wildman–Crippen MR) is 120 cm³/mol. The van der Waals surface area contributed by atoms with Crippen LogP contribution in [0, 0.1) is 0 Å². The first-order valence-corrected chi connectivity index (χ1v) is 10.2. The summed E-state index contributed by atoms with van der Waals surface area (Å²) in [5.74, 6) is -1.35. The third-order valence-electron chi connectivity index (χ3n) is 5.38. The molecule has 0 fully saturated rings. The number of nitrogens with one attached hydrogen (secondary N) is 2. The quantitative estimate of drug-likeness (QED) is 0.520. The number of anilines is 1. The van der Waals surface area contributed by atoms with Crippen molar-refractivity contribution in [2.75, 3.05) is 18.5 Å². The molecule has 1 aliphatic rings. The van der Waals surface area contributed by atoms with Crippen molar-refractivity contribution in [3.63, 3.8) is 0 Å². The summed E-state index contributed by atoms with van der Waals surface area (Å²) in [6.07, 6.45) is -0.518. The van der Waals surface area contributed by atoms with Crippen molar-refractivity contribution in [1.82, 2.24) is 5.32 Å². The number of fused-ring (bicyclic) bond motifs is 3. The van der Waals surface area contributed by atoms with Gasteiger partial charge in [-0.05, 0) is 46.5 Å². The molecule has 0 bridgehead atoms. The topological polar surface area (TPSA) is 105 Å². The SMILES string of the molecule is O=C(CCNC(=O)OCC1c2ccccc2-c2ccccc21)Nc1ccc(C(=O)O)cc1. The van der Waals surface area contributed by atoms with Gasteiger partial charge in [0.15, 0.2) is 0 Å². The van der Waals surface area contributed by atoms with Crippen molar-refractivity contribution in [1.29, 1.82) is 0 Å². The molecular weight excluding hydrogens is 408 g/mol. The summed E-state index contributed by atoms with van der Waals surface area (Å²) in [4.78, 5) is 35.0. The maximum absolute atomic E-state index is 12.1. The van der Waals surface area contributed by atoms with Crippen LogP contribution >= 0.6 is 0 Å². The molecule has 1 aliphatic carbocycles. The van der Waals surface area contributed by atoms with E-state index in [4.69, 9.17) is 9.84 Å². The molecule has 0 spiro atoms. The van der Waals surface area contributed by atoms with Crippen LogP contribution in [-0.2, 0) is 9.53 Å². The second kappa shape index (κ2) is 9.34. The number of hydrogen-bond donors (Lipinski definition) is 3. The van der Waals surface area contributed by atoms with Crippen LogP contribution in [0.5, 0.6) is 0 Å². The van der Waals surface area contributed by atoms with Gasteiger partial charge in [-0.3, -0.25) is 4.79 Å². The largest absolute Gasteiger partial charge is 0.478 e. The molecule has 7 nitrogen and oxygen atoms in total. The molecule has 0 aliphatic heterocycles. The Morgan fingerprint density at radius 2 is 1.44 bits per heavy atom. The van der Waals surface area contributed by atoms with E-state index in [9.17, 15) is 14.4 Å². The second-order valence-corrected chi connectivity index (χ2v) is 7.43. The fourth-order valence-corrected chi connectivity index (χ4v) is 3.85. The monoisotopic (exact) mass is 430 g/mol. The molecule has 162 valence electrons. The number of carboxylic acid groups (broad SMARTS) is 1. The Balaban J connectivity index is 1.24. The number of amides is 2. The molecule has 3 N–H and O–H groups in total. The second-order valence-electron chi connectivity index (χ2n) is 7.43. The van der Waals surface area contributed by atoms with Gasteiger partial charge in [-0.15, -0.1) is 0 Å². The Bertz CT molecular complexity index is 1110. The van der Waals surface area contributed by atoms with Gasteiger partial charge in [0.1, 0.15) is 6.61 Å². The molecule has 0 unspecified atom stereocenters. The molecule has 0 saturated carbocycles. The minimum absolute atomic E-state index is 0.0229. The highest BCUT2D eigenvalue weighted by Gasteiger charge is 2.28. The van der Waals surface area contributed by atoms with Gasteiger partial charge in [0.25, 0.3) is 0 Å². The Morgan fingerprint density at radius 3 is 2.03 bits per heavy atom. The minimum Gasteiger partial charge on any atom is -0.478 e. The van der Waals surface area contributed by atoms with E-state index in [1.165, 1.54) is 24.3 Å². The summed E-state index contributed by atoms with van der Waals surface area (Å²) < 4.78 is 5.44. The van der Waals surface area contributed by atoms with Crippen LogP contribution < -0.4 is 10.6 Å². The number of alkyl carbamates (subject to hydrolysis) is 1. The summed E-state index contributed by atoms with van der Waals surface area (Å²) in [6.45, 7) is 0.331. The van der Waals surface area contributed by atoms with Crippen LogP contribution in [0.4, 0.5) is 10.5 Å². The number of carboxylic acids is 1. The maximum atomic E-state index is 12.1. The number of rotatable bonds is 7. The van der Waals surface area contributed by atoms with Gasteiger partial charge in [0.05, 0.1) is 5.56 Å². The van der Waals surface area contributed by atoms with Crippen molar-refractivity contribution in [2.24, 2.45) is 0 Å². The van der Waals surface area contributed by atoms with E-state index in [0.29, 0.717) is 5.69 Å². The lowest BCUT2D eigenvalue weighted by Gasteiger charge is -2.14. The fourth-order valence-electron chi connectivity index (χ4n) is 3.85. The van der Waals surface area contributed by atoms with E-state index >= 15 is 0 Å². The van der Waals surface area contributed by atoms with E-state index in [1.54, 1.807) is 0 Å². The molecule has 32 heavy (non-hydrogen) atoms. The Kier molecular flexibility index (Phi) is 6.17. The highest BCUT2D eigenvalue weighted by atomic mass is 16.5. The highest BCUT2D eigenvalue weighted by Crippen LogP contribution is 2.44. The molecule has 3 aromatic carbocycles. The van der Waals surface area contributed by atoms with Gasteiger partial charge in [-0.25, -0.2) is 9.59 Å². The van der Waals surface area contributed by atoms with Crippen molar-refractivity contribution < 1.29 is 24.2 Å². The van der Waals surface area contributed by atoms with Gasteiger partial charge >= 0.3 is 12.1 Å². The van der Waals surface area contributed by atoms with Crippen LogP contribution in [0.1, 0.15) is 33.8 Å². The first kappa shape index (κ1) is 21.1. The van der Waals surface area contributed by atoms with Crippen molar-refractivity contribution in [2.45, 2.75) is 12.3 Å². The lowest BCUT2D eigenvalue weighted by atomic mass is 9.98. The summed E-state index contributed by atoms with van der Waals surface area (Å²) >= 11 is 0. The van der Waals surface area contributed by atoms with E-state index in [2.05, 4.69) is 34.9 Å². The Hall–Kier alpha value is -4.13. The Morgan fingerprint density at radius 1 is 0.844 bits per heavy atom. The molecule has 7 heteroatoms. The molecule has 0 radical (unpaired) electrons. The zero-order valence-corrected chi connectivity index (χ0v) is 17.2. The number of benzene rings is 3. The summed E-state index contributed by atoms with van der Waals surface area (Å²) in [7, 11) is 0. The summed E-state index contributed by atoms with van der Waals surface area (Å²) in [5.41, 5.74) is 5.21. The zero-order chi connectivity index (χ0) is 22.5. The van der Waals surface area contributed by atoms with Crippen molar-refractivity contribution in [3.05, 3.63) is 89.5 Å². The zero-order valence-electron chi connectivity index (χ0n) is 17.2. The average Bonchev–Trinajstić information content (AvgIpc) is 3.12. The summed E-state index contributed by atoms with van der Waals surface area (Å²) in [6, 6.07) is 22.0. The molecule has 4 rings (SSSR count). The van der Waals surface area contributed by atoms with E-state index < -0.39 is 12.1 Å². The van der Waals surface area contributed by atoms with E-state index in [1.807, 2.05) is 24.3 Å². The van der Waals surface area contributed by atoms with Crippen molar-refractivity contribution >= 4 is 23.7 Å². The number of hydrogen-bond acceptors (Lipinski definition) is 4. The lowest BCUT2D eigenvalue weighted by Crippen LogP contribution is -2.29. The molecule has 0 saturated heterocycles. The van der Waals surface area contributed by atoms with Gasteiger partial charge < -0.3 is 20.5 Å². The van der Waals surface area contributed by atoms with Gasteiger partial charge in [0, 0.05) is 24.6 Å². The van der Waals surface area contributed by atoms with Crippen LogP contribution in [-0.4, -0.2) is 36.2 Å². The van der Waals surface area contributed by atoms with E-state index in [-0.39, 0.29) is 37.0 Å². The molecule has 2 amide bonds. The van der Waals surface area contributed by atoms with Gasteiger partial charge in [-0.1, -0.05) is 48.5 Å². The van der Waals surface area contributed by atoms with Gasteiger partial charge in [-0.2, -0.15) is 0 Å². The molecule has 0 atom stereocenters. The van der Waals surface area contributed by atoms with Crippen LogP contribution in [0.2, 0.25) is 0 Å². The summed E-state index contributed by atoms with van der Waals surface area (Å²) in [5, 5.41) is 14.1. The van der Waals surface area contributed by atoms with Crippen molar-refractivity contribution in [3.8, 4) is 11.1 Å². The third-order valence-corrected chi connectivity index (χ3v) is 5.38. The highest BCUT2D eigenvalue weighted by molar-refractivity contribution is 5.92. The van der Waals surface area contributed by atoms with E-state index in [0.717, 1.165) is 22.3 Å². The average molecular weight is 430 g/mol. The first-order valence-electron chi connectivity index (χ1n) is 10.2. The molecule has 0 heterocycles. The normalized spacial score (nSPS) is 11.9. The molecule has 3 aromatic rings. The third kappa shape index (κ3) is 4.62. The minimum atomic E-state index is -1.03. The predicted octanol–water partition coefficient (Wildman–Crippen LogP) is 4.25. The standard InChI is InChI=1S/C25H22N2O5/c28-23(27-17-11-9-16(10-12-17)24(29)30)13-14-26-25(31)32-15-22-20-7-3-1-5-18(20)19-6-2-4-8-21(19)22/h1-12,22H,13-15H2,(H,26,31)(H,27,28)(H,29,30). The smallest absolute Gasteiger partial charge is 0.407 e. The van der Waals surface area contributed by atoms with Crippen LogP contribution in [0.15, 0.2) is 72.8 Å². The van der Waals surface area contributed by atoms with Crippen LogP contribution in [0.3, 0.4) is 0 Å². The molecule has 0 aromatic heterocycles. The lowest BCUT2D eigenvalue weighted by molar-refractivity contribution is -0.116. The first-order chi connectivity index (χ1) is 15.5.